The van der Waals surface area contributed by atoms with Crippen LogP contribution in [0.5, 0.6) is 0 Å². The Bertz CT molecular complexity index is 431. The highest BCUT2D eigenvalue weighted by Crippen LogP contribution is 2.27. The van der Waals surface area contributed by atoms with Crippen LogP contribution in [0.2, 0.25) is 0 Å². The molecule has 1 fully saturated rings. The van der Waals surface area contributed by atoms with E-state index in [0.717, 1.165) is 12.8 Å². The number of carbonyl (C=O) groups is 3. The van der Waals surface area contributed by atoms with Crippen molar-refractivity contribution in [2.24, 2.45) is 11.8 Å². The van der Waals surface area contributed by atoms with E-state index < -0.39 is 12.0 Å². The van der Waals surface area contributed by atoms with Gasteiger partial charge < -0.3 is 4.90 Å². The standard InChI is InChI=1S/C20H35NO3/c1-5-6-7-8-9-10-11-12-13-21-17(14-15(2)3)19(23)18(16(4)22)20(21)24/h15,17-18H,5-14H2,1-4H3/t17-,18?/m1/s1. The van der Waals surface area contributed by atoms with Gasteiger partial charge in [-0.25, -0.2) is 0 Å². The van der Waals surface area contributed by atoms with E-state index in [-0.39, 0.29) is 17.5 Å². The monoisotopic (exact) mass is 337 g/mol. The maximum atomic E-state index is 12.5. The van der Waals surface area contributed by atoms with Gasteiger partial charge in [0.25, 0.3) is 0 Å². The van der Waals surface area contributed by atoms with E-state index in [2.05, 4.69) is 6.92 Å². The van der Waals surface area contributed by atoms with Crippen LogP contribution in [0.15, 0.2) is 0 Å². The van der Waals surface area contributed by atoms with Crippen LogP contribution >= 0.6 is 0 Å². The molecule has 0 aromatic heterocycles. The summed E-state index contributed by atoms with van der Waals surface area (Å²) in [6, 6.07) is -0.393. The van der Waals surface area contributed by atoms with Gasteiger partial charge in [-0.05, 0) is 25.7 Å². The number of hydrogen-bond donors (Lipinski definition) is 0. The van der Waals surface area contributed by atoms with Crippen molar-refractivity contribution in [1.82, 2.24) is 4.90 Å². The molecule has 0 saturated carbocycles. The number of likely N-dealkylation sites (tertiary alicyclic amines) is 1. The van der Waals surface area contributed by atoms with Gasteiger partial charge in [-0.1, -0.05) is 65.7 Å². The van der Waals surface area contributed by atoms with Crippen molar-refractivity contribution >= 4 is 17.5 Å². The van der Waals surface area contributed by atoms with Crippen LogP contribution in [-0.4, -0.2) is 35.0 Å². The van der Waals surface area contributed by atoms with Crippen LogP contribution in [-0.2, 0) is 14.4 Å². The number of nitrogens with zero attached hydrogens (tertiary/aromatic N) is 1. The number of amides is 1. The lowest BCUT2D eigenvalue weighted by molar-refractivity contribution is -0.138. The van der Waals surface area contributed by atoms with Crippen molar-refractivity contribution in [3.8, 4) is 0 Å². The van der Waals surface area contributed by atoms with Crippen LogP contribution in [0.1, 0.15) is 85.5 Å². The van der Waals surface area contributed by atoms with E-state index >= 15 is 0 Å². The molecule has 1 saturated heterocycles. The third-order valence-electron chi connectivity index (χ3n) is 4.87. The van der Waals surface area contributed by atoms with E-state index in [4.69, 9.17) is 0 Å². The predicted molar refractivity (Wildman–Crippen MR) is 96.7 cm³/mol. The Balaban J connectivity index is 2.46. The average molecular weight is 338 g/mol. The second kappa shape index (κ2) is 10.6. The third kappa shape index (κ3) is 6.03. The van der Waals surface area contributed by atoms with Crippen molar-refractivity contribution < 1.29 is 14.4 Å². The Labute approximate surface area is 147 Å². The van der Waals surface area contributed by atoms with Crippen molar-refractivity contribution in [2.45, 2.75) is 91.5 Å². The molecule has 4 heteroatoms. The molecule has 1 unspecified atom stereocenters. The zero-order valence-corrected chi connectivity index (χ0v) is 16.0. The molecule has 0 spiro atoms. The first-order chi connectivity index (χ1) is 11.4. The zero-order valence-electron chi connectivity index (χ0n) is 16.0. The van der Waals surface area contributed by atoms with E-state index in [1.165, 1.54) is 45.4 Å². The molecule has 1 amide bonds. The first-order valence-corrected chi connectivity index (χ1v) is 9.74. The fraction of sp³-hybridized carbons (Fsp3) is 0.850. The molecule has 0 aromatic carbocycles. The van der Waals surface area contributed by atoms with Crippen LogP contribution in [0, 0.1) is 11.8 Å². The van der Waals surface area contributed by atoms with Crippen LogP contribution < -0.4 is 0 Å². The van der Waals surface area contributed by atoms with Gasteiger partial charge in [0, 0.05) is 6.54 Å². The minimum atomic E-state index is -1.04. The molecule has 1 heterocycles. The van der Waals surface area contributed by atoms with E-state index in [1.54, 1.807) is 4.90 Å². The Morgan fingerprint density at radius 3 is 2.04 bits per heavy atom. The number of hydrogen-bond acceptors (Lipinski definition) is 3. The summed E-state index contributed by atoms with van der Waals surface area (Å²) in [7, 11) is 0. The molecule has 0 bridgehead atoms. The number of carbonyl (C=O) groups excluding carboxylic acids is 3. The number of unbranched alkanes of at least 4 members (excludes halogenated alkanes) is 7. The topological polar surface area (TPSA) is 54.5 Å². The lowest BCUT2D eigenvalue weighted by atomic mass is 9.94. The highest BCUT2D eigenvalue weighted by molar-refractivity contribution is 6.23. The average Bonchev–Trinajstić information content (AvgIpc) is 2.73. The Morgan fingerprint density at radius 2 is 1.54 bits per heavy atom. The molecule has 1 aliphatic rings. The van der Waals surface area contributed by atoms with Crippen molar-refractivity contribution in [1.29, 1.82) is 0 Å². The van der Waals surface area contributed by atoms with Gasteiger partial charge in [0.05, 0.1) is 6.04 Å². The predicted octanol–water partition coefficient (Wildman–Crippen LogP) is 4.16. The smallest absolute Gasteiger partial charge is 0.241 e. The van der Waals surface area contributed by atoms with Gasteiger partial charge in [0.1, 0.15) is 5.78 Å². The Morgan fingerprint density at radius 1 is 1.00 bits per heavy atom. The van der Waals surface area contributed by atoms with Gasteiger partial charge in [0.2, 0.25) is 5.91 Å². The van der Waals surface area contributed by atoms with Crippen molar-refractivity contribution in [3.63, 3.8) is 0 Å². The molecule has 138 valence electrons. The van der Waals surface area contributed by atoms with Crippen LogP contribution in [0.4, 0.5) is 0 Å². The fourth-order valence-electron chi connectivity index (χ4n) is 3.53. The lowest BCUT2D eigenvalue weighted by Crippen LogP contribution is -2.37. The Hall–Kier alpha value is -1.19. The van der Waals surface area contributed by atoms with Gasteiger partial charge >= 0.3 is 0 Å². The summed E-state index contributed by atoms with van der Waals surface area (Å²) in [6.07, 6.45) is 10.3. The maximum Gasteiger partial charge on any atom is 0.241 e. The molecule has 4 nitrogen and oxygen atoms in total. The SMILES string of the molecule is CCCCCCCCCCN1C(=O)C(C(C)=O)C(=O)[C@H]1CC(C)C. The number of Topliss-reactive ketones (excluding diaryl/α,β-unsaturated/α-hetero) is 2. The molecule has 0 N–H and O–H groups in total. The van der Waals surface area contributed by atoms with Gasteiger partial charge in [0.15, 0.2) is 11.7 Å². The summed E-state index contributed by atoms with van der Waals surface area (Å²) in [5.74, 6) is -1.46. The molecular formula is C20H35NO3. The van der Waals surface area contributed by atoms with E-state index in [9.17, 15) is 14.4 Å². The van der Waals surface area contributed by atoms with Crippen molar-refractivity contribution in [2.75, 3.05) is 6.54 Å². The minimum absolute atomic E-state index is 0.180. The summed E-state index contributed by atoms with van der Waals surface area (Å²) in [5.41, 5.74) is 0. The second-order valence-electron chi connectivity index (χ2n) is 7.60. The normalized spacial score (nSPS) is 21.1. The maximum absolute atomic E-state index is 12.5. The lowest BCUT2D eigenvalue weighted by Gasteiger charge is -2.24. The van der Waals surface area contributed by atoms with E-state index in [0.29, 0.717) is 18.9 Å². The largest absolute Gasteiger partial charge is 0.332 e. The Kier molecular flexibility index (Phi) is 9.24. The fourth-order valence-corrected chi connectivity index (χ4v) is 3.53. The molecular weight excluding hydrogens is 302 g/mol. The molecule has 0 aliphatic carbocycles. The quantitative estimate of drug-likeness (QED) is 0.397. The summed E-state index contributed by atoms with van der Waals surface area (Å²) in [4.78, 5) is 38.3. The van der Waals surface area contributed by atoms with Gasteiger partial charge in [-0.3, -0.25) is 14.4 Å². The summed E-state index contributed by atoms with van der Waals surface area (Å²) < 4.78 is 0. The second-order valence-corrected chi connectivity index (χ2v) is 7.60. The molecule has 1 aliphatic heterocycles. The van der Waals surface area contributed by atoms with Gasteiger partial charge in [-0.15, -0.1) is 0 Å². The molecule has 0 radical (unpaired) electrons. The summed E-state index contributed by atoms with van der Waals surface area (Å²) >= 11 is 0. The highest BCUT2D eigenvalue weighted by atomic mass is 16.2. The summed E-state index contributed by atoms with van der Waals surface area (Å²) in [5, 5.41) is 0. The molecule has 0 aromatic rings. The highest BCUT2D eigenvalue weighted by Gasteiger charge is 2.48. The minimum Gasteiger partial charge on any atom is -0.332 e. The van der Waals surface area contributed by atoms with Crippen LogP contribution in [0.25, 0.3) is 0 Å². The molecule has 2 atom stereocenters. The zero-order chi connectivity index (χ0) is 18.1. The summed E-state index contributed by atoms with van der Waals surface area (Å²) in [6.45, 7) is 8.28. The van der Waals surface area contributed by atoms with E-state index in [1.807, 2.05) is 13.8 Å². The first kappa shape index (κ1) is 20.9. The molecule has 24 heavy (non-hydrogen) atoms. The third-order valence-corrected chi connectivity index (χ3v) is 4.87. The van der Waals surface area contributed by atoms with Crippen LogP contribution in [0.3, 0.4) is 0 Å². The number of ketones is 2. The number of rotatable bonds is 12. The molecule has 1 rings (SSSR count). The van der Waals surface area contributed by atoms with Crippen molar-refractivity contribution in [3.05, 3.63) is 0 Å². The van der Waals surface area contributed by atoms with Gasteiger partial charge in [-0.2, -0.15) is 0 Å². The first-order valence-electron chi connectivity index (χ1n) is 9.74.